The number of hydrogen-bond donors (Lipinski definition) is 4. The summed E-state index contributed by atoms with van der Waals surface area (Å²) in [5.74, 6) is 0.249. The van der Waals surface area contributed by atoms with Crippen LogP contribution in [0.25, 0.3) is 22.3 Å². The minimum Gasteiger partial charge on any atom is -0.508 e. The zero-order chi connectivity index (χ0) is 18.3. The number of nitrogens with zero attached hydrogens (tertiary/aromatic N) is 3. The third kappa shape index (κ3) is 2.82. The summed E-state index contributed by atoms with van der Waals surface area (Å²) in [6.45, 7) is 0. The van der Waals surface area contributed by atoms with Crippen molar-refractivity contribution in [2.45, 2.75) is 6.04 Å². The molecule has 2 heterocycles. The number of phenols is 1. The fourth-order valence-electron chi connectivity index (χ4n) is 2.76. The van der Waals surface area contributed by atoms with Gasteiger partial charge in [0.05, 0.1) is 22.8 Å². The van der Waals surface area contributed by atoms with Crippen molar-refractivity contribution >= 4 is 17.0 Å². The number of nitrogens with one attached hydrogen (secondary N) is 1. The number of nitrogen functional groups attached to an aromatic ring is 1. The van der Waals surface area contributed by atoms with Crippen LogP contribution in [0.2, 0.25) is 0 Å². The van der Waals surface area contributed by atoms with Crippen LogP contribution in [0.5, 0.6) is 5.75 Å². The van der Waals surface area contributed by atoms with Crippen LogP contribution in [-0.2, 0) is 0 Å². The molecule has 2 aromatic heterocycles. The minimum atomic E-state index is -0.538. The van der Waals surface area contributed by atoms with E-state index in [2.05, 4.69) is 19.9 Å². The Morgan fingerprint density at radius 1 is 1.08 bits per heavy atom. The Bertz CT molecular complexity index is 1090. The third-order valence-electron chi connectivity index (χ3n) is 4.09. The molecule has 0 saturated carbocycles. The number of aromatic nitrogens is 4. The molecule has 0 radical (unpaired) electrons. The quantitative estimate of drug-likeness (QED) is 0.450. The molecule has 26 heavy (non-hydrogen) atoms. The van der Waals surface area contributed by atoms with Crippen molar-refractivity contribution in [3.63, 3.8) is 0 Å². The molecule has 130 valence electrons. The van der Waals surface area contributed by atoms with Crippen molar-refractivity contribution in [3.8, 4) is 17.0 Å². The first kappa shape index (κ1) is 16.0. The van der Waals surface area contributed by atoms with E-state index in [-0.39, 0.29) is 11.7 Å². The van der Waals surface area contributed by atoms with Gasteiger partial charge in [0.15, 0.2) is 0 Å². The van der Waals surface area contributed by atoms with Gasteiger partial charge in [-0.25, -0.2) is 19.3 Å². The van der Waals surface area contributed by atoms with Crippen molar-refractivity contribution in [1.29, 1.82) is 0 Å². The molecule has 8 heteroatoms. The molecular formula is C18H15FN6O. The van der Waals surface area contributed by atoms with Gasteiger partial charge in [-0.15, -0.1) is 0 Å². The number of anilines is 1. The second-order valence-electron chi connectivity index (χ2n) is 5.84. The predicted molar refractivity (Wildman–Crippen MR) is 95.6 cm³/mol. The van der Waals surface area contributed by atoms with Crippen LogP contribution in [0.15, 0.2) is 48.7 Å². The number of halogens is 1. The molecule has 0 bridgehead atoms. The van der Waals surface area contributed by atoms with Gasteiger partial charge in [-0.05, 0) is 29.8 Å². The average molecular weight is 350 g/mol. The highest BCUT2D eigenvalue weighted by molar-refractivity contribution is 5.81. The van der Waals surface area contributed by atoms with Gasteiger partial charge in [-0.1, -0.05) is 12.1 Å². The van der Waals surface area contributed by atoms with Gasteiger partial charge < -0.3 is 21.6 Å². The van der Waals surface area contributed by atoms with Crippen molar-refractivity contribution in [1.82, 2.24) is 19.9 Å². The van der Waals surface area contributed by atoms with E-state index in [9.17, 15) is 9.50 Å². The number of H-pyrrole nitrogens is 1. The van der Waals surface area contributed by atoms with Gasteiger partial charge in [0.1, 0.15) is 17.4 Å². The van der Waals surface area contributed by atoms with E-state index in [1.54, 1.807) is 36.4 Å². The molecule has 0 amide bonds. The summed E-state index contributed by atoms with van der Waals surface area (Å²) in [4.78, 5) is 15.4. The molecule has 0 aliphatic heterocycles. The Hall–Kier alpha value is -3.52. The topological polar surface area (TPSA) is 127 Å². The lowest BCUT2D eigenvalue weighted by Gasteiger charge is -2.08. The normalized spacial score (nSPS) is 12.4. The first-order valence-corrected chi connectivity index (χ1v) is 7.84. The van der Waals surface area contributed by atoms with Gasteiger partial charge >= 0.3 is 0 Å². The smallest absolute Gasteiger partial charge is 0.220 e. The zero-order valence-electron chi connectivity index (χ0n) is 13.5. The van der Waals surface area contributed by atoms with Crippen molar-refractivity contribution in [2.24, 2.45) is 5.73 Å². The lowest BCUT2D eigenvalue weighted by Crippen LogP contribution is -2.13. The van der Waals surface area contributed by atoms with Crippen LogP contribution >= 0.6 is 0 Å². The third-order valence-corrected chi connectivity index (χ3v) is 4.09. The summed E-state index contributed by atoms with van der Waals surface area (Å²) >= 11 is 0. The molecule has 2 aromatic carbocycles. The Labute approximate surface area is 147 Å². The first-order chi connectivity index (χ1) is 12.5. The van der Waals surface area contributed by atoms with Crippen LogP contribution in [0.3, 0.4) is 0 Å². The summed E-state index contributed by atoms with van der Waals surface area (Å²) < 4.78 is 14.5. The molecule has 0 aliphatic carbocycles. The number of phenolic OH excluding ortho intramolecular Hbond substituents is 1. The molecule has 0 saturated heterocycles. The van der Waals surface area contributed by atoms with E-state index in [0.29, 0.717) is 28.1 Å². The molecule has 1 unspecified atom stereocenters. The maximum atomic E-state index is 14.5. The van der Waals surface area contributed by atoms with E-state index in [4.69, 9.17) is 11.5 Å². The van der Waals surface area contributed by atoms with E-state index >= 15 is 0 Å². The molecule has 4 rings (SSSR count). The van der Waals surface area contributed by atoms with Gasteiger partial charge in [0, 0.05) is 17.8 Å². The van der Waals surface area contributed by atoms with Crippen LogP contribution in [0, 0.1) is 5.82 Å². The maximum absolute atomic E-state index is 14.5. The second kappa shape index (κ2) is 6.08. The highest BCUT2D eigenvalue weighted by atomic mass is 19.1. The molecule has 7 nitrogen and oxygen atoms in total. The molecule has 0 spiro atoms. The molecule has 4 aromatic rings. The van der Waals surface area contributed by atoms with Crippen LogP contribution in [0.4, 0.5) is 10.3 Å². The fourth-order valence-corrected chi connectivity index (χ4v) is 2.76. The summed E-state index contributed by atoms with van der Waals surface area (Å²) in [5.41, 5.74) is 14.3. The first-order valence-electron chi connectivity index (χ1n) is 7.84. The Kier molecular flexibility index (Phi) is 3.74. The van der Waals surface area contributed by atoms with E-state index in [1.165, 1.54) is 12.3 Å². The standard InChI is InChI=1S/C18H15FN6O/c19-12-8-15-14(7-11(12)13-5-6-22-18(21)25-13)23-17(24-15)16(20)9-1-3-10(26)4-2-9/h1-8,16,26H,20H2,(H,23,24)(H2,21,22,25). The molecule has 1 atom stereocenters. The van der Waals surface area contributed by atoms with Crippen LogP contribution in [-0.4, -0.2) is 25.0 Å². The Balaban J connectivity index is 1.77. The van der Waals surface area contributed by atoms with Crippen molar-refractivity contribution < 1.29 is 9.50 Å². The van der Waals surface area contributed by atoms with Crippen molar-refractivity contribution in [3.05, 3.63) is 65.9 Å². The summed E-state index contributed by atoms with van der Waals surface area (Å²) in [7, 11) is 0. The van der Waals surface area contributed by atoms with Gasteiger partial charge in [0.2, 0.25) is 5.95 Å². The SMILES string of the molecule is Nc1nccc(-c2cc3[nH]c(C(N)c4ccc(O)cc4)nc3cc2F)n1. The summed E-state index contributed by atoms with van der Waals surface area (Å²) in [6.07, 6.45) is 1.47. The second-order valence-corrected chi connectivity index (χ2v) is 5.84. The number of benzene rings is 2. The number of hydrogen-bond acceptors (Lipinski definition) is 6. The molecular weight excluding hydrogens is 335 g/mol. The molecule has 6 N–H and O–H groups in total. The summed E-state index contributed by atoms with van der Waals surface area (Å²) in [6, 6.07) is 10.5. The summed E-state index contributed by atoms with van der Waals surface area (Å²) in [5, 5.41) is 9.39. The van der Waals surface area contributed by atoms with Crippen molar-refractivity contribution in [2.75, 3.05) is 5.73 Å². The monoisotopic (exact) mass is 350 g/mol. The zero-order valence-corrected chi connectivity index (χ0v) is 13.5. The number of rotatable bonds is 3. The van der Waals surface area contributed by atoms with Gasteiger partial charge in [-0.2, -0.15) is 0 Å². The van der Waals surface area contributed by atoms with Crippen LogP contribution in [0.1, 0.15) is 17.4 Å². The highest BCUT2D eigenvalue weighted by Gasteiger charge is 2.16. The van der Waals surface area contributed by atoms with E-state index in [0.717, 1.165) is 5.56 Å². The maximum Gasteiger partial charge on any atom is 0.220 e. The molecule has 0 fully saturated rings. The van der Waals surface area contributed by atoms with Crippen LogP contribution < -0.4 is 11.5 Å². The van der Waals surface area contributed by atoms with Gasteiger partial charge in [0.25, 0.3) is 0 Å². The van der Waals surface area contributed by atoms with E-state index < -0.39 is 11.9 Å². The number of nitrogens with two attached hydrogens (primary N) is 2. The Morgan fingerprint density at radius 3 is 2.58 bits per heavy atom. The average Bonchev–Trinajstić information content (AvgIpc) is 3.04. The minimum absolute atomic E-state index is 0.0710. The lowest BCUT2D eigenvalue weighted by atomic mass is 10.1. The molecule has 0 aliphatic rings. The Morgan fingerprint density at radius 2 is 1.85 bits per heavy atom. The largest absolute Gasteiger partial charge is 0.508 e. The number of imidazole rings is 1. The van der Waals surface area contributed by atoms with Gasteiger partial charge in [-0.3, -0.25) is 0 Å². The number of aromatic hydroxyl groups is 1. The van der Waals surface area contributed by atoms with E-state index in [1.807, 2.05) is 0 Å². The number of fused-ring (bicyclic) bond motifs is 1. The predicted octanol–water partition coefficient (Wildman–Crippen LogP) is 2.49. The number of aromatic amines is 1. The fraction of sp³-hybridized carbons (Fsp3) is 0.0556. The lowest BCUT2D eigenvalue weighted by molar-refractivity contribution is 0.475. The highest BCUT2D eigenvalue weighted by Crippen LogP contribution is 2.28.